The lowest BCUT2D eigenvalue weighted by molar-refractivity contribution is 0.0617. The van der Waals surface area contributed by atoms with Gasteiger partial charge in [-0.2, -0.15) is 0 Å². The summed E-state index contributed by atoms with van der Waals surface area (Å²) in [6.45, 7) is 4.03. The summed E-state index contributed by atoms with van der Waals surface area (Å²) in [5.74, 6) is 1.88. The fraction of sp³-hybridized carbons (Fsp3) is 0.350. The minimum absolute atomic E-state index is 0.172. The Hall–Kier alpha value is -2.69. The number of fused-ring (bicyclic) bond motifs is 1. The second-order valence-corrected chi connectivity index (χ2v) is 6.70. The van der Waals surface area contributed by atoms with Crippen molar-refractivity contribution in [3.05, 3.63) is 53.6 Å². The van der Waals surface area contributed by atoms with E-state index in [1.165, 1.54) is 0 Å². The van der Waals surface area contributed by atoms with Gasteiger partial charge in [0, 0.05) is 12.0 Å². The third-order valence-electron chi connectivity index (χ3n) is 4.33. The number of benzene rings is 2. The minimum Gasteiger partial charge on any atom is -0.497 e. The molecule has 0 aromatic heterocycles. The lowest BCUT2D eigenvalue weighted by atomic mass is 9.89. The maximum Gasteiger partial charge on any atom is 0.255 e. The first-order chi connectivity index (χ1) is 11.9. The highest BCUT2D eigenvalue weighted by Gasteiger charge is 2.35. The number of rotatable bonds is 4. The van der Waals surface area contributed by atoms with E-state index in [1.807, 2.05) is 44.2 Å². The Morgan fingerprint density at radius 1 is 1.16 bits per heavy atom. The summed E-state index contributed by atoms with van der Waals surface area (Å²) in [4.78, 5) is 12.8. The van der Waals surface area contributed by atoms with Crippen molar-refractivity contribution < 1.29 is 19.0 Å². The van der Waals surface area contributed by atoms with E-state index in [9.17, 15) is 4.79 Å². The Balaban J connectivity index is 1.93. The van der Waals surface area contributed by atoms with Crippen molar-refractivity contribution in [3.8, 4) is 17.2 Å². The number of ether oxygens (including phenoxy) is 3. The molecular weight excluding hydrogens is 318 g/mol. The molecule has 2 aromatic rings. The third kappa shape index (κ3) is 3.55. The number of para-hydroxylation sites is 1. The van der Waals surface area contributed by atoms with Gasteiger partial charge in [0.1, 0.15) is 22.8 Å². The van der Waals surface area contributed by atoms with Gasteiger partial charge in [0.25, 0.3) is 5.91 Å². The third-order valence-corrected chi connectivity index (χ3v) is 4.33. The van der Waals surface area contributed by atoms with E-state index >= 15 is 0 Å². The summed E-state index contributed by atoms with van der Waals surface area (Å²) in [6.07, 6.45) is 0.661. The molecule has 0 fully saturated rings. The van der Waals surface area contributed by atoms with Gasteiger partial charge in [-0.1, -0.05) is 12.1 Å². The highest BCUT2D eigenvalue weighted by molar-refractivity contribution is 5.97. The highest BCUT2D eigenvalue weighted by atomic mass is 16.5. The van der Waals surface area contributed by atoms with Crippen LogP contribution in [0, 0.1) is 0 Å². The van der Waals surface area contributed by atoms with E-state index in [0.717, 1.165) is 17.1 Å². The van der Waals surface area contributed by atoms with Gasteiger partial charge in [0.2, 0.25) is 0 Å². The van der Waals surface area contributed by atoms with Crippen molar-refractivity contribution in [2.45, 2.75) is 31.9 Å². The molecule has 5 nitrogen and oxygen atoms in total. The molecule has 25 heavy (non-hydrogen) atoms. The van der Waals surface area contributed by atoms with Crippen LogP contribution in [0.25, 0.3) is 0 Å². The van der Waals surface area contributed by atoms with E-state index in [-0.39, 0.29) is 17.6 Å². The first kappa shape index (κ1) is 17.1. The zero-order valence-corrected chi connectivity index (χ0v) is 15.0. The van der Waals surface area contributed by atoms with E-state index < -0.39 is 0 Å². The Morgan fingerprint density at radius 2 is 1.92 bits per heavy atom. The van der Waals surface area contributed by atoms with Crippen LogP contribution in [-0.4, -0.2) is 25.7 Å². The van der Waals surface area contributed by atoms with Crippen LogP contribution in [-0.2, 0) is 0 Å². The molecule has 1 heterocycles. The molecule has 132 valence electrons. The summed E-state index contributed by atoms with van der Waals surface area (Å²) < 4.78 is 16.7. The van der Waals surface area contributed by atoms with Gasteiger partial charge >= 0.3 is 0 Å². The lowest BCUT2D eigenvalue weighted by Gasteiger charge is -2.38. The fourth-order valence-electron chi connectivity index (χ4n) is 3.16. The molecule has 1 N–H and O–H groups in total. The highest BCUT2D eigenvalue weighted by Crippen LogP contribution is 2.41. The standard InChI is InChI=1S/C20H23NO4/c1-20(2)12-16(15-11-13(23-3)9-10-18(15)25-20)21-19(22)14-7-5-6-8-17(14)24-4/h5-11,16H,12H2,1-4H3,(H,21,22)/t16-/m0/s1. The topological polar surface area (TPSA) is 56.8 Å². The molecule has 1 atom stereocenters. The van der Waals surface area contributed by atoms with Gasteiger partial charge in [-0.05, 0) is 44.2 Å². The zero-order chi connectivity index (χ0) is 18.0. The second-order valence-electron chi connectivity index (χ2n) is 6.70. The van der Waals surface area contributed by atoms with E-state index in [2.05, 4.69) is 5.32 Å². The molecule has 0 saturated heterocycles. The molecule has 2 aromatic carbocycles. The van der Waals surface area contributed by atoms with E-state index in [1.54, 1.807) is 26.4 Å². The summed E-state index contributed by atoms with van der Waals surface area (Å²) in [6, 6.07) is 12.7. The van der Waals surface area contributed by atoms with Crippen molar-refractivity contribution >= 4 is 5.91 Å². The van der Waals surface area contributed by atoms with Crippen LogP contribution in [0.15, 0.2) is 42.5 Å². The molecule has 1 aliphatic rings. The van der Waals surface area contributed by atoms with Crippen LogP contribution in [0.5, 0.6) is 17.2 Å². The molecule has 5 heteroatoms. The quantitative estimate of drug-likeness (QED) is 0.920. The molecule has 0 aliphatic carbocycles. The first-order valence-electron chi connectivity index (χ1n) is 8.24. The number of hydrogen-bond acceptors (Lipinski definition) is 4. The van der Waals surface area contributed by atoms with Crippen molar-refractivity contribution in [2.24, 2.45) is 0 Å². The van der Waals surface area contributed by atoms with E-state index in [0.29, 0.717) is 17.7 Å². The molecule has 0 radical (unpaired) electrons. The van der Waals surface area contributed by atoms with Crippen LogP contribution < -0.4 is 19.5 Å². The monoisotopic (exact) mass is 341 g/mol. The maximum atomic E-state index is 12.8. The number of carbonyl (C=O) groups is 1. The van der Waals surface area contributed by atoms with Crippen LogP contribution in [0.1, 0.15) is 42.2 Å². The van der Waals surface area contributed by atoms with Crippen molar-refractivity contribution in [1.29, 1.82) is 0 Å². The molecule has 0 bridgehead atoms. The Bertz CT molecular complexity index is 785. The number of hydrogen-bond donors (Lipinski definition) is 1. The van der Waals surface area contributed by atoms with Crippen LogP contribution >= 0.6 is 0 Å². The van der Waals surface area contributed by atoms with Crippen LogP contribution in [0.4, 0.5) is 0 Å². The fourth-order valence-corrected chi connectivity index (χ4v) is 3.16. The molecule has 0 unspecified atom stereocenters. The second kappa shape index (κ2) is 6.67. The molecule has 3 rings (SSSR count). The molecule has 0 spiro atoms. The van der Waals surface area contributed by atoms with Crippen LogP contribution in [0.2, 0.25) is 0 Å². The van der Waals surface area contributed by atoms with Gasteiger partial charge in [-0.25, -0.2) is 0 Å². The number of nitrogens with one attached hydrogen (secondary N) is 1. The number of amides is 1. The summed E-state index contributed by atoms with van der Waals surface area (Å²) in [5, 5.41) is 3.12. The van der Waals surface area contributed by atoms with Crippen molar-refractivity contribution in [2.75, 3.05) is 14.2 Å². The van der Waals surface area contributed by atoms with Crippen LogP contribution in [0.3, 0.4) is 0 Å². The SMILES string of the molecule is COc1ccc2c(c1)[C@@H](NC(=O)c1ccccc1OC)CC(C)(C)O2. The normalized spacial score (nSPS) is 17.8. The van der Waals surface area contributed by atoms with Gasteiger partial charge in [-0.3, -0.25) is 4.79 Å². The molecular formula is C20H23NO4. The molecule has 1 amide bonds. The van der Waals surface area contributed by atoms with Gasteiger partial charge in [0.05, 0.1) is 25.8 Å². The molecule has 1 aliphatic heterocycles. The van der Waals surface area contributed by atoms with Gasteiger partial charge < -0.3 is 19.5 Å². The van der Waals surface area contributed by atoms with Crippen molar-refractivity contribution in [1.82, 2.24) is 5.32 Å². The first-order valence-corrected chi connectivity index (χ1v) is 8.24. The van der Waals surface area contributed by atoms with E-state index in [4.69, 9.17) is 14.2 Å². The lowest BCUT2D eigenvalue weighted by Crippen LogP contribution is -2.41. The predicted molar refractivity (Wildman–Crippen MR) is 95.5 cm³/mol. The predicted octanol–water partition coefficient (Wildman–Crippen LogP) is 3.74. The summed E-state index contributed by atoms with van der Waals surface area (Å²) in [5.41, 5.74) is 1.06. The largest absolute Gasteiger partial charge is 0.497 e. The Kier molecular flexibility index (Phi) is 4.57. The Morgan fingerprint density at radius 3 is 2.64 bits per heavy atom. The smallest absolute Gasteiger partial charge is 0.255 e. The number of carbonyl (C=O) groups excluding carboxylic acids is 1. The summed E-state index contributed by atoms with van der Waals surface area (Å²) >= 11 is 0. The Labute approximate surface area is 147 Å². The zero-order valence-electron chi connectivity index (χ0n) is 15.0. The number of methoxy groups -OCH3 is 2. The average molecular weight is 341 g/mol. The van der Waals surface area contributed by atoms with Gasteiger partial charge in [-0.15, -0.1) is 0 Å². The maximum absolute atomic E-state index is 12.8. The molecule has 0 saturated carbocycles. The van der Waals surface area contributed by atoms with Crippen molar-refractivity contribution in [3.63, 3.8) is 0 Å². The average Bonchev–Trinajstić information content (AvgIpc) is 2.60. The minimum atomic E-state index is -0.375. The summed E-state index contributed by atoms with van der Waals surface area (Å²) in [7, 11) is 3.18. The van der Waals surface area contributed by atoms with Gasteiger partial charge in [0.15, 0.2) is 0 Å².